The monoisotopic (exact) mass is 785 g/mol. The third-order valence-corrected chi connectivity index (χ3v) is 6.99. The van der Waals surface area contributed by atoms with Gasteiger partial charge in [0, 0.05) is 78.5 Å². The summed E-state index contributed by atoms with van der Waals surface area (Å²) < 4.78 is 10.5. The summed E-state index contributed by atoms with van der Waals surface area (Å²) in [5.41, 5.74) is -0.864. The van der Waals surface area contributed by atoms with Gasteiger partial charge in [-0.25, -0.2) is 9.59 Å². The lowest BCUT2D eigenvalue weighted by Crippen LogP contribution is -2.53. The maximum Gasteiger partial charge on any atom is 0.410 e. The Hall–Kier alpha value is -2.47. The minimum Gasteiger partial charge on any atom is -0.444 e. The van der Waals surface area contributed by atoms with Gasteiger partial charge >= 0.3 is 12.2 Å². The van der Waals surface area contributed by atoms with E-state index in [9.17, 15) is 24.0 Å². The number of hydrogen-bond acceptors (Lipinski definition) is 12. The Morgan fingerprint density at radius 3 is 1.06 bits per heavy atom. The van der Waals surface area contributed by atoms with E-state index in [0.29, 0.717) is 45.8 Å². The molecule has 0 saturated carbocycles. The van der Waals surface area contributed by atoms with E-state index in [1.165, 1.54) is 0 Å². The zero-order valence-electron chi connectivity index (χ0n) is 33.9. The largest absolute Gasteiger partial charge is 0.444 e. The Balaban J connectivity index is 0. The lowest BCUT2D eigenvalue weighted by Gasteiger charge is -2.36. The summed E-state index contributed by atoms with van der Waals surface area (Å²) in [6.07, 6.45) is -0.499. The van der Waals surface area contributed by atoms with Gasteiger partial charge in [-0.15, -0.1) is 12.4 Å². The molecule has 0 atom stereocenters. The molecule has 3 heterocycles. The standard InChI is InChI=1S/C13H25N3O3.C9H18N2O2.C8H17N3O.C4H8ClNO.ClH/c1-13(2,3)19-12(18)16-8-6-15(7-9-16)11(17)10-14(4)5;1-9(2,3)13-8(12)11-6-4-10-5-7-11;1-10(2)7-8(12)11-5-3-9-4-6-11;1-6(2)3-4(5)7;/h6-10H2,1-5H3;10H,4-7H2,1-3H3;9H,3-7H2,1-2H3;3H2,1-2H3;1H. The van der Waals surface area contributed by atoms with Gasteiger partial charge in [-0.05, 0) is 95.4 Å². The number of carbonyl (C=O) groups excluding carboxylic acids is 5. The van der Waals surface area contributed by atoms with Crippen LogP contribution >= 0.6 is 24.0 Å². The van der Waals surface area contributed by atoms with E-state index in [-0.39, 0.29) is 47.3 Å². The first-order valence-electron chi connectivity index (χ1n) is 17.6. The van der Waals surface area contributed by atoms with Gasteiger partial charge in [-0.2, -0.15) is 0 Å². The van der Waals surface area contributed by atoms with E-state index in [1.54, 1.807) is 33.7 Å². The number of hydrogen-bond donors (Lipinski definition) is 2. The molecule has 0 bridgehead atoms. The highest BCUT2D eigenvalue weighted by Gasteiger charge is 2.28. The molecule has 0 aromatic carbocycles. The first kappa shape index (κ1) is 51.6. The van der Waals surface area contributed by atoms with Gasteiger partial charge in [0.2, 0.25) is 17.1 Å². The Bertz CT molecular complexity index is 1050. The molecule has 0 aromatic heterocycles. The number of amides is 4. The topological polar surface area (TPSA) is 151 Å². The van der Waals surface area contributed by atoms with E-state index < -0.39 is 5.60 Å². The van der Waals surface area contributed by atoms with Gasteiger partial charge in [0.25, 0.3) is 0 Å². The quantitative estimate of drug-likeness (QED) is 0.373. The van der Waals surface area contributed by atoms with Crippen molar-refractivity contribution in [3.8, 4) is 0 Å². The molecule has 18 heteroatoms. The average molecular weight is 787 g/mol. The molecule has 0 unspecified atom stereocenters. The number of piperazine rings is 3. The van der Waals surface area contributed by atoms with Crippen LogP contribution in [0, 0.1) is 0 Å². The van der Waals surface area contributed by atoms with Gasteiger partial charge in [-0.1, -0.05) is 0 Å². The van der Waals surface area contributed by atoms with E-state index >= 15 is 0 Å². The van der Waals surface area contributed by atoms with Crippen LogP contribution in [0.5, 0.6) is 0 Å². The molecule has 0 aliphatic carbocycles. The maximum atomic E-state index is 11.9. The molecule has 306 valence electrons. The summed E-state index contributed by atoms with van der Waals surface area (Å²) in [6.45, 7) is 21.5. The van der Waals surface area contributed by atoms with Crippen molar-refractivity contribution in [3.63, 3.8) is 0 Å². The number of likely N-dealkylation sites (N-methyl/N-ethyl adjacent to an activating group) is 3. The third-order valence-electron chi connectivity index (χ3n) is 6.87. The van der Waals surface area contributed by atoms with Crippen LogP contribution in [-0.4, -0.2) is 215 Å². The molecule has 0 radical (unpaired) electrons. The van der Waals surface area contributed by atoms with E-state index in [2.05, 4.69) is 10.6 Å². The molecular weight excluding hydrogens is 717 g/mol. The molecule has 3 aliphatic rings. The molecule has 0 aromatic rings. The highest BCUT2D eigenvalue weighted by Crippen LogP contribution is 2.12. The van der Waals surface area contributed by atoms with Crippen molar-refractivity contribution < 1.29 is 33.4 Å². The van der Waals surface area contributed by atoms with Crippen LogP contribution < -0.4 is 10.6 Å². The van der Waals surface area contributed by atoms with Gasteiger partial charge in [-0.3, -0.25) is 14.4 Å². The van der Waals surface area contributed by atoms with Gasteiger partial charge in [0.1, 0.15) is 11.2 Å². The first-order valence-corrected chi connectivity index (χ1v) is 17.9. The average Bonchev–Trinajstić information content (AvgIpc) is 3.00. The second kappa shape index (κ2) is 26.3. The molecule has 3 saturated heterocycles. The lowest BCUT2D eigenvalue weighted by atomic mass is 10.2. The van der Waals surface area contributed by atoms with Crippen molar-refractivity contribution in [1.82, 2.24) is 44.9 Å². The maximum absolute atomic E-state index is 11.9. The number of ether oxygens (including phenoxy) is 2. The first-order chi connectivity index (χ1) is 23.5. The molecule has 16 nitrogen and oxygen atoms in total. The van der Waals surface area contributed by atoms with Crippen LogP contribution in [-0.2, 0) is 23.9 Å². The highest BCUT2D eigenvalue weighted by atomic mass is 35.5. The second-order valence-electron chi connectivity index (χ2n) is 15.3. The Kier molecular flexibility index (Phi) is 26.1. The van der Waals surface area contributed by atoms with E-state index in [1.807, 2.05) is 84.4 Å². The number of rotatable bonds is 6. The van der Waals surface area contributed by atoms with Crippen molar-refractivity contribution in [2.24, 2.45) is 0 Å². The molecule has 2 N–H and O–H groups in total. The molecule has 3 aliphatic heterocycles. The van der Waals surface area contributed by atoms with Gasteiger partial charge in [0.05, 0.1) is 19.6 Å². The summed E-state index contributed by atoms with van der Waals surface area (Å²) in [4.78, 5) is 69.2. The molecule has 4 amide bonds. The Morgan fingerprint density at radius 2 is 0.788 bits per heavy atom. The Labute approximate surface area is 324 Å². The molecule has 3 fully saturated rings. The molecular formula is C34H69Cl2N9O7. The van der Waals surface area contributed by atoms with Crippen molar-refractivity contribution in [1.29, 1.82) is 0 Å². The molecule has 52 heavy (non-hydrogen) atoms. The summed E-state index contributed by atoms with van der Waals surface area (Å²) in [7, 11) is 11.2. The minimum atomic E-state index is -0.477. The zero-order valence-corrected chi connectivity index (χ0v) is 35.5. The highest BCUT2D eigenvalue weighted by molar-refractivity contribution is 6.64. The van der Waals surface area contributed by atoms with Crippen molar-refractivity contribution in [2.75, 3.05) is 140 Å². The normalized spacial score (nSPS) is 16.3. The van der Waals surface area contributed by atoms with Crippen molar-refractivity contribution in [3.05, 3.63) is 0 Å². The fraction of sp³-hybridized carbons (Fsp3) is 0.853. The second-order valence-corrected chi connectivity index (χ2v) is 15.7. The number of halogens is 2. The van der Waals surface area contributed by atoms with Crippen LogP contribution in [0.1, 0.15) is 41.5 Å². The van der Waals surface area contributed by atoms with Crippen LogP contribution in [0.4, 0.5) is 9.59 Å². The smallest absolute Gasteiger partial charge is 0.410 e. The van der Waals surface area contributed by atoms with Crippen molar-refractivity contribution >= 4 is 53.3 Å². The third kappa shape index (κ3) is 27.2. The number of nitrogens with one attached hydrogen (secondary N) is 2. The predicted octanol–water partition coefficient (Wildman–Crippen LogP) is 1.17. The number of carbonyl (C=O) groups is 5. The van der Waals surface area contributed by atoms with Gasteiger partial charge in [0.15, 0.2) is 0 Å². The van der Waals surface area contributed by atoms with E-state index in [4.69, 9.17) is 21.1 Å². The van der Waals surface area contributed by atoms with Crippen LogP contribution in [0.3, 0.4) is 0 Å². The van der Waals surface area contributed by atoms with Crippen LogP contribution in [0.2, 0.25) is 0 Å². The fourth-order valence-electron chi connectivity index (χ4n) is 4.54. The summed E-state index contributed by atoms with van der Waals surface area (Å²) >= 11 is 4.99. The molecule has 0 spiro atoms. The predicted molar refractivity (Wildman–Crippen MR) is 208 cm³/mol. The minimum absolute atomic E-state index is 0. The SMILES string of the molecule is CC(C)(C)OC(=O)N1CCNCC1.CN(C)CC(=O)Cl.CN(C)CC(=O)N1CCN(C(=O)OC(C)(C)C)CC1.CN(C)CC(=O)N1CCNCC1.Cl. The fourth-order valence-corrected chi connectivity index (χ4v) is 4.78. The zero-order chi connectivity index (χ0) is 39.4. The summed E-state index contributed by atoms with van der Waals surface area (Å²) in [5, 5.41) is 6.08. The van der Waals surface area contributed by atoms with Crippen LogP contribution in [0.25, 0.3) is 0 Å². The van der Waals surface area contributed by atoms with Crippen molar-refractivity contribution in [2.45, 2.75) is 52.7 Å². The summed E-state index contributed by atoms with van der Waals surface area (Å²) in [6, 6.07) is 0. The summed E-state index contributed by atoms with van der Waals surface area (Å²) in [5.74, 6) is 0.343. The van der Waals surface area contributed by atoms with Crippen LogP contribution in [0.15, 0.2) is 0 Å². The Morgan fingerprint density at radius 1 is 0.519 bits per heavy atom. The number of nitrogens with zero attached hydrogens (tertiary/aromatic N) is 7. The lowest BCUT2D eigenvalue weighted by molar-refractivity contribution is -0.133. The molecule has 3 rings (SSSR count). The van der Waals surface area contributed by atoms with E-state index in [0.717, 1.165) is 52.4 Å². The van der Waals surface area contributed by atoms with Gasteiger partial charge < -0.3 is 54.4 Å².